The Hall–Kier alpha value is -5.14. The number of nitrogens with zero attached hydrogens (tertiary/aromatic N) is 1. The van der Waals surface area contributed by atoms with E-state index in [0.29, 0.717) is 0 Å². The van der Waals surface area contributed by atoms with E-state index in [0.717, 1.165) is 38.5 Å². The molecule has 0 unspecified atom stereocenters. The first-order valence-corrected chi connectivity index (χ1v) is 17.6. The summed E-state index contributed by atoms with van der Waals surface area (Å²) in [5, 5.41) is 0. The molecule has 0 heterocycles. The molecule has 0 fully saturated rings. The number of benzene rings is 4. The third-order valence-electron chi connectivity index (χ3n) is 10.6. The van der Waals surface area contributed by atoms with Gasteiger partial charge in [-0.25, -0.2) is 0 Å². The number of hydrogen-bond acceptors (Lipinski definition) is 1. The second-order valence-corrected chi connectivity index (χ2v) is 14.0. The van der Waals surface area contributed by atoms with Gasteiger partial charge < -0.3 is 4.90 Å². The van der Waals surface area contributed by atoms with Crippen molar-refractivity contribution in [2.75, 3.05) is 4.90 Å². The van der Waals surface area contributed by atoms with Crippen molar-refractivity contribution in [1.29, 1.82) is 0 Å². The van der Waals surface area contributed by atoms with E-state index in [4.69, 9.17) is 0 Å². The first-order valence-electron chi connectivity index (χ1n) is 17.6. The molecule has 0 spiro atoms. The van der Waals surface area contributed by atoms with Crippen LogP contribution < -0.4 is 4.90 Å². The molecule has 0 atom stereocenters. The SMILES string of the molecule is CC1(C)c2cc(/C=C/C3=CC=C(C4=CC=C(c5ccccc5)CC4)CC3)ccc2-c2ccc(N(C3=CC=CCC3)c3ccccc3)cc21. The van der Waals surface area contributed by atoms with Crippen LogP contribution in [0.4, 0.5) is 11.4 Å². The molecule has 0 bridgehead atoms. The van der Waals surface area contributed by atoms with Gasteiger partial charge in [0.1, 0.15) is 0 Å². The Morgan fingerprint density at radius 2 is 1.23 bits per heavy atom. The lowest BCUT2D eigenvalue weighted by Gasteiger charge is -2.30. The number of fused-ring (bicyclic) bond motifs is 3. The van der Waals surface area contributed by atoms with Gasteiger partial charge in [-0.05, 0) is 125 Å². The van der Waals surface area contributed by atoms with E-state index in [-0.39, 0.29) is 5.41 Å². The summed E-state index contributed by atoms with van der Waals surface area (Å²) in [6.07, 6.45) is 27.3. The fourth-order valence-corrected chi connectivity index (χ4v) is 7.88. The van der Waals surface area contributed by atoms with Crippen molar-refractivity contribution in [1.82, 2.24) is 0 Å². The second kappa shape index (κ2) is 12.8. The summed E-state index contributed by atoms with van der Waals surface area (Å²) in [7, 11) is 0. The minimum atomic E-state index is -0.0853. The van der Waals surface area contributed by atoms with Crippen LogP contribution in [0.3, 0.4) is 0 Å². The molecule has 0 amide bonds. The highest BCUT2D eigenvalue weighted by molar-refractivity contribution is 5.85. The first-order chi connectivity index (χ1) is 23.5. The van der Waals surface area contributed by atoms with Gasteiger partial charge in [-0.15, -0.1) is 0 Å². The first kappa shape index (κ1) is 30.2. The van der Waals surface area contributed by atoms with Gasteiger partial charge in [-0.3, -0.25) is 0 Å². The average molecular weight is 622 g/mol. The highest BCUT2D eigenvalue weighted by atomic mass is 15.1. The van der Waals surface area contributed by atoms with Crippen LogP contribution in [0.15, 0.2) is 168 Å². The number of rotatable bonds is 7. The number of allylic oxidation sites excluding steroid dienone is 13. The lowest BCUT2D eigenvalue weighted by Crippen LogP contribution is -2.19. The van der Waals surface area contributed by atoms with Gasteiger partial charge in [0.2, 0.25) is 0 Å². The molecule has 0 aliphatic heterocycles. The van der Waals surface area contributed by atoms with Gasteiger partial charge in [0.05, 0.1) is 0 Å². The molecule has 0 N–H and O–H groups in total. The van der Waals surface area contributed by atoms with E-state index in [9.17, 15) is 0 Å². The summed E-state index contributed by atoms with van der Waals surface area (Å²) < 4.78 is 0. The van der Waals surface area contributed by atoms with Crippen molar-refractivity contribution < 1.29 is 0 Å². The zero-order valence-electron chi connectivity index (χ0n) is 28.1. The Morgan fingerprint density at radius 1 is 0.562 bits per heavy atom. The molecule has 0 aromatic heterocycles. The Morgan fingerprint density at radius 3 is 1.92 bits per heavy atom. The van der Waals surface area contributed by atoms with E-state index in [1.54, 1.807) is 0 Å². The lowest BCUT2D eigenvalue weighted by molar-refractivity contribution is 0.660. The molecule has 0 saturated heterocycles. The van der Waals surface area contributed by atoms with Gasteiger partial charge >= 0.3 is 0 Å². The molecule has 1 nitrogen and oxygen atoms in total. The molecular formula is C47H43N. The molecule has 0 saturated carbocycles. The zero-order valence-corrected chi connectivity index (χ0v) is 28.1. The summed E-state index contributed by atoms with van der Waals surface area (Å²) in [5.74, 6) is 0. The van der Waals surface area contributed by atoms with Crippen molar-refractivity contribution >= 4 is 23.0 Å². The summed E-state index contributed by atoms with van der Waals surface area (Å²) >= 11 is 0. The van der Waals surface area contributed by atoms with Crippen LogP contribution in [-0.2, 0) is 5.41 Å². The summed E-state index contributed by atoms with van der Waals surface area (Å²) in [5.41, 5.74) is 17.7. The van der Waals surface area contributed by atoms with E-state index in [1.807, 2.05) is 0 Å². The fourth-order valence-electron chi connectivity index (χ4n) is 7.88. The Kier molecular flexibility index (Phi) is 8.06. The zero-order chi connectivity index (χ0) is 32.5. The van der Waals surface area contributed by atoms with E-state index in [1.165, 1.54) is 72.7 Å². The monoisotopic (exact) mass is 621 g/mol. The molecule has 8 rings (SSSR count). The van der Waals surface area contributed by atoms with Crippen molar-refractivity contribution in [3.05, 3.63) is 190 Å². The van der Waals surface area contributed by atoms with Crippen molar-refractivity contribution in [2.45, 2.75) is 57.8 Å². The molecule has 4 aromatic carbocycles. The summed E-state index contributed by atoms with van der Waals surface area (Å²) in [4.78, 5) is 2.44. The smallest absolute Gasteiger partial charge is 0.0461 e. The third-order valence-corrected chi connectivity index (χ3v) is 10.6. The highest BCUT2D eigenvalue weighted by Gasteiger charge is 2.36. The molecule has 236 valence electrons. The predicted octanol–water partition coefficient (Wildman–Crippen LogP) is 12.8. The average Bonchev–Trinajstić information content (AvgIpc) is 3.37. The van der Waals surface area contributed by atoms with Crippen molar-refractivity contribution in [3.63, 3.8) is 0 Å². The molecular weight excluding hydrogens is 579 g/mol. The summed E-state index contributed by atoms with van der Waals surface area (Å²) in [6, 6.07) is 35.7. The molecule has 0 radical (unpaired) electrons. The largest absolute Gasteiger partial charge is 0.314 e. The number of hydrogen-bond donors (Lipinski definition) is 0. The van der Waals surface area contributed by atoms with Crippen LogP contribution in [0.1, 0.15) is 74.6 Å². The topological polar surface area (TPSA) is 3.24 Å². The van der Waals surface area contributed by atoms with Crippen LogP contribution in [0.2, 0.25) is 0 Å². The van der Waals surface area contributed by atoms with Gasteiger partial charge in [-0.1, -0.05) is 135 Å². The maximum Gasteiger partial charge on any atom is 0.0461 e. The van der Waals surface area contributed by atoms with Crippen LogP contribution in [-0.4, -0.2) is 0 Å². The Bertz CT molecular complexity index is 2080. The normalized spacial score (nSPS) is 17.9. The molecule has 48 heavy (non-hydrogen) atoms. The molecule has 4 aromatic rings. The summed E-state index contributed by atoms with van der Waals surface area (Å²) in [6.45, 7) is 4.77. The van der Waals surface area contributed by atoms with E-state index in [2.05, 4.69) is 170 Å². The molecule has 4 aliphatic rings. The van der Waals surface area contributed by atoms with Gasteiger partial charge in [-0.2, -0.15) is 0 Å². The Labute approximate surface area is 286 Å². The fraction of sp³-hybridized carbons (Fsp3) is 0.191. The van der Waals surface area contributed by atoms with Gasteiger partial charge in [0.15, 0.2) is 0 Å². The third kappa shape index (κ3) is 5.79. The number of para-hydroxylation sites is 1. The van der Waals surface area contributed by atoms with Crippen LogP contribution in [0.5, 0.6) is 0 Å². The Balaban J connectivity index is 1.02. The highest BCUT2D eigenvalue weighted by Crippen LogP contribution is 2.51. The lowest BCUT2D eigenvalue weighted by atomic mass is 9.81. The van der Waals surface area contributed by atoms with Gasteiger partial charge in [0.25, 0.3) is 0 Å². The maximum absolute atomic E-state index is 2.44. The minimum Gasteiger partial charge on any atom is -0.314 e. The van der Waals surface area contributed by atoms with Crippen LogP contribution >= 0.6 is 0 Å². The standard InChI is InChI=1S/C47H43N/c1-47(2)45-32-35(19-18-34-20-23-37(24-21-34)39-27-25-38(26-28-39)36-12-6-3-7-13-36)22-30-43(45)44-31-29-42(33-46(44)47)48(40-14-8-4-9-15-40)41-16-10-5-11-17-41/h3-10,12-16,18-20,22-23,25,27,29-33H,11,17,21,24,26,28H2,1-2H3/b19-18+. The maximum atomic E-state index is 2.44. The number of anilines is 2. The quantitative estimate of drug-likeness (QED) is 0.198. The van der Waals surface area contributed by atoms with Crippen LogP contribution in [0, 0.1) is 0 Å². The van der Waals surface area contributed by atoms with Crippen molar-refractivity contribution in [3.8, 4) is 11.1 Å². The van der Waals surface area contributed by atoms with Gasteiger partial charge in [0, 0.05) is 22.5 Å². The van der Waals surface area contributed by atoms with E-state index < -0.39 is 0 Å². The predicted molar refractivity (Wildman–Crippen MR) is 205 cm³/mol. The minimum absolute atomic E-state index is 0.0853. The van der Waals surface area contributed by atoms with Crippen molar-refractivity contribution in [2.24, 2.45) is 0 Å². The molecule has 1 heteroatoms. The van der Waals surface area contributed by atoms with E-state index >= 15 is 0 Å². The molecule has 4 aliphatic carbocycles. The second-order valence-electron chi connectivity index (χ2n) is 14.0. The van der Waals surface area contributed by atoms with Crippen LogP contribution in [0.25, 0.3) is 22.8 Å².